The molecule has 154 valence electrons. The number of ether oxygens (including phenoxy) is 2. The van der Waals surface area contributed by atoms with Crippen molar-refractivity contribution in [1.29, 1.82) is 0 Å². The van der Waals surface area contributed by atoms with Gasteiger partial charge in [0.25, 0.3) is 0 Å². The quantitative estimate of drug-likeness (QED) is 0.229. The third-order valence-corrected chi connectivity index (χ3v) is 4.70. The zero-order chi connectivity index (χ0) is 18.6. The highest BCUT2D eigenvalue weighted by Crippen LogP contribution is 2.26. The first-order chi connectivity index (χ1) is 12.8. The Morgan fingerprint density at radius 2 is 2.15 bits per heavy atom. The number of nitrogens with one attached hydrogen (secondary N) is 2. The average Bonchev–Trinajstić information content (AvgIpc) is 3.16. The van der Waals surface area contributed by atoms with E-state index >= 15 is 0 Å². The first kappa shape index (κ1) is 23.8. The first-order valence-electron chi connectivity index (χ1n) is 9.68. The van der Waals surface area contributed by atoms with Crippen molar-refractivity contribution in [2.24, 2.45) is 10.9 Å². The van der Waals surface area contributed by atoms with Gasteiger partial charge in [0.05, 0.1) is 7.11 Å². The largest absolute Gasteiger partial charge is 0.497 e. The molecule has 1 aliphatic rings. The molecule has 0 spiro atoms. The average molecular weight is 490 g/mol. The summed E-state index contributed by atoms with van der Waals surface area (Å²) >= 11 is 0. The van der Waals surface area contributed by atoms with Crippen molar-refractivity contribution in [3.05, 3.63) is 24.3 Å². The lowest BCUT2D eigenvalue weighted by Gasteiger charge is -2.20. The maximum Gasteiger partial charge on any atom is 0.190 e. The summed E-state index contributed by atoms with van der Waals surface area (Å²) in [6.07, 6.45) is 3.36. The molecule has 1 fully saturated rings. The van der Waals surface area contributed by atoms with Gasteiger partial charge in [-0.1, -0.05) is 6.07 Å². The molecule has 0 bridgehead atoms. The summed E-state index contributed by atoms with van der Waals surface area (Å²) in [5, 5.41) is 6.85. The Hall–Kier alpha value is -1.22. The molecule has 1 heterocycles. The molecule has 27 heavy (non-hydrogen) atoms. The molecule has 1 saturated heterocycles. The molecular formula is C20H35IN4O2. The molecule has 1 aromatic rings. The Bertz CT molecular complexity index is 557. The maximum absolute atomic E-state index is 5.36. The number of anilines is 1. The number of unbranched alkanes of at least 4 members (excludes halogenated alkanes) is 1. The number of nitrogens with zero attached hydrogens (tertiary/aromatic N) is 2. The third kappa shape index (κ3) is 8.55. The van der Waals surface area contributed by atoms with Crippen molar-refractivity contribution >= 4 is 35.6 Å². The fourth-order valence-corrected chi connectivity index (χ4v) is 3.18. The summed E-state index contributed by atoms with van der Waals surface area (Å²) in [5.41, 5.74) is 1.24. The van der Waals surface area contributed by atoms with Crippen LogP contribution in [0.4, 0.5) is 5.69 Å². The van der Waals surface area contributed by atoms with Gasteiger partial charge in [-0.05, 0) is 44.2 Å². The zero-order valence-electron chi connectivity index (χ0n) is 16.9. The van der Waals surface area contributed by atoms with Crippen LogP contribution in [0.2, 0.25) is 0 Å². The second-order valence-electron chi connectivity index (χ2n) is 6.59. The van der Waals surface area contributed by atoms with Gasteiger partial charge in [-0.15, -0.1) is 24.0 Å². The molecule has 7 heteroatoms. The Morgan fingerprint density at radius 1 is 1.30 bits per heavy atom. The number of halogens is 1. The lowest BCUT2D eigenvalue weighted by Crippen LogP contribution is -2.40. The monoisotopic (exact) mass is 490 g/mol. The summed E-state index contributed by atoms with van der Waals surface area (Å²) in [4.78, 5) is 6.75. The Morgan fingerprint density at radius 3 is 2.89 bits per heavy atom. The van der Waals surface area contributed by atoms with Crippen molar-refractivity contribution in [2.75, 3.05) is 58.5 Å². The van der Waals surface area contributed by atoms with Crippen LogP contribution < -0.4 is 20.3 Å². The van der Waals surface area contributed by atoms with Crippen LogP contribution >= 0.6 is 24.0 Å². The molecule has 2 N–H and O–H groups in total. The van der Waals surface area contributed by atoms with Gasteiger partial charge >= 0.3 is 0 Å². The second kappa shape index (κ2) is 13.9. The molecule has 1 aliphatic heterocycles. The van der Waals surface area contributed by atoms with Crippen molar-refractivity contribution in [1.82, 2.24) is 10.6 Å². The van der Waals surface area contributed by atoms with Crippen LogP contribution in [0.15, 0.2) is 29.3 Å². The van der Waals surface area contributed by atoms with Crippen LogP contribution in [-0.4, -0.2) is 59.5 Å². The topological polar surface area (TPSA) is 58.1 Å². The molecule has 1 aromatic carbocycles. The van der Waals surface area contributed by atoms with E-state index in [0.717, 1.165) is 63.9 Å². The van der Waals surface area contributed by atoms with Gasteiger partial charge in [-0.2, -0.15) is 0 Å². The SMILES string of the molecule is CCOCCCCNC(=NC)NCC1CCN(c2cccc(OC)c2)C1.I. The number of aliphatic imine (C=N–C) groups is 1. The van der Waals surface area contributed by atoms with E-state index in [9.17, 15) is 0 Å². The van der Waals surface area contributed by atoms with Gasteiger partial charge in [0.15, 0.2) is 5.96 Å². The van der Waals surface area contributed by atoms with E-state index in [-0.39, 0.29) is 24.0 Å². The predicted octanol–water partition coefficient (Wildman–Crippen LogP) is 3.12. The van der Waals surface area contributed by atoms with E-state index in [1.165, 1.54) is 12.1 Å². The van der Waals surface area contributed by atoms with E-state index < -0.39 is 0 Å². The summed E-state index contributed by atoms with van der Waals surface area (Å²) in [6, 6.07) is 8.30. The number of rotatable bonds is 10. The van der Waals surface area contributed by atoms with Crippen molar-refractivity contribution in [3.63, 3.8) is 0 Å². The van der Waals surface area contributed by atoms with Crippen LogP contribution in [0.3, 0.4) is 0 Å². The fourth-order valence-electron chi connectivity index (χ4n) is 3.18. The minimum absolute atomic E-state index is 0. The van der Waals surface area contributed by atoms with E-state index in [1.807, 2.05) is 20.0 Å². The number of guanidine groups is 1. The number of hydrogen-bond donors (Lipinski definition) is 2. The van der Waals surface area contributed by atoms with Gasteiger partial charge in [0.1, 0.15) is 5.75 Å². The summed E-state index contributed by atoms with van der Waals surface area (Å²) in [5.74, 6) is 2.43. The minimum Gasteiger partial charge on any atom is -0.497 e. The molecule has 6 nitrogen and oxygen atoms in total. The minimum atomic E-state index is 0. The predicted molar refractivity (Wildman–Crippen MR) is 124 cm³/mol. The van der Waals surface area contributed by atoms with Gasteiger partial charge in [0.2, 0.25) is 0 Å². The molecule has 0 aromatic heterocycles. The lowest BCUT2D eigenvalue weighted by molar-refractivity contribution is 0.143. The highest BCUT2D eigenvalue weighted by atomic mass is 127. The molecule has 0 amide bonds. The van der Waals surface area contributed by atoms with E-state index in [4.69, 9.17) is 9.47 Å². The van der Waals surface area contributed by atoms with Crippen LogP contribution in [0, 0.1) is 5.92 Å². The molecule has 1 atom stereocenters. The zero-order valence-corrected chi connectivity index (χ0v) is 19.2. The Balaban J connectivity index is 0.00000364. The normalized spacial score (nSPS) is 16.8. The third-order valence-electron chi connectivity index (χ3n) is 4.70. The van der Waals surface area contributed by atoms with Crippen LogP contribution in [0.25, 0.3) is 0 Å². The highest BCUT2D eigenvalue weighted by molar-refractivity contribution is 14.0. The summed E-state index contributed by atoms with van der Waals surface area (Å²) in [6.45, 7) is 7.68. The van der Waals surface area contributed by atoms with Gasteiger partial charge < -0.3 is 25.0 Å². The summed E-state index contributed by atoms with van der Waals surface area (Å²) < 4.78 is 10.7. The van der Waals surface area contributed by atoms with Crippen LogP contribution in [0.1, 0.15) is 26.2 Å². The van der Waals surface area contributed by atoms with Gasteiger partial charge in [-0.3, -0.25) is 4.99 Å². The number of methoxy groups -OCH3 is 1. The highest BCUT2D eigenvalue weighted by Gasteiger charge is 2.23. The molecule has 1 unspecified atom stereocenters. The number of benzene rings is 1. The van der Waals surface area contributed by atoms with Gasteiger partial charge in [0, 0.05) is 58.2 Å². The molecular weight excluding hydrogens is 455 g/mol. The first-order valence-corrected chi connectivity index (χ1v) is 9.68. The molecule has 0 aliphatic carbocycles. The van der Waals surface area contributed by atoms with Crippen molar-refractivity contribution in [3.8, 4) is 5.75 Å². The lowest BCUT2D eigenvalue weighted by atomic mass is 10.1. The summed E-state index contributed by atoms with van der Waals surface area (Å²) in [7, 11) is 3.54. The molecule has 0 radical (unpaired) electrons. The van der Waals surface area contributed by atoms with Crippen molar-refractivity contribution in [2.45, 2.75) is 26.2 Å². The van der Waals surface area contributed by atoms with Crippen LogP contribution in [-0.2, 0) is 4.74 Å². The standard InChI is InChI=1S/C20H34N4O2.HI/c1-4-26-13-6-5-11-22-20(21-2)23-15-17-10-12-24(16-17)18-8-7-9-19(14-18)25-3;/h7-9,14,17H,4-6,10-13,15-16H2,1-3H3,(H2,21,22,23);1H. The van der Waals surface area contributed by atoms with Gasteiger partial charge in [-0.25, -0.2) is 0 Å². The maximum atomic E-state index is 5.36. The number of hydrogen-bond acceptors (Lipinski definition) is 4. The van der Waals surface area contributed by atoms with Crippen LogP contribution in [0.5, 0.6) is 5.75 Å². The fraction of sp³-hybridized carbons (Fsp3) is 0.650. The van der Waals surface area contributed by atoms with E-state index in [2.05, 4.69) is 38.7 Å². The molecule has 2 rings (SSSR count). The van der Waals surface area contributed by atoms with E-state index in [1.54, 1.807) is 7.11 Å². The van der Waals surface area contributed by atoms with E-state index in [0.29, 0.717) is 5.92 Å². The smallest absolute Gasteiger partial charge is 0.190 e. The second-order valence-corrected chi connectivity index (χ2v) is 6.59. The van der Waals surface area contributed by atoms with Crippen molar-refractivity contribution < 1.29 is 9.47 Å². The Labute approximate surface area is 181 Å². The Kier molecular flexibility index (Phi) is 12.2. The molecule has 0 saturated carbocycles.